The van der Waals surface area contributed by atoms with Crippen molar-refractivity contribution in [2.45, 2.75) is 130 Å². The lowest BCUT2D eigenvalue weighted by Crippen LogP contribution is -2.44. The fraction of sp³-hybridized carbons (Fsp3) is 0.563. The molecule has 2 unspecified atom stereocenters. The number of benzene rings is 3. The normalized spacial score (nSPS) is 19.9. The van der Waals surface area contributed by atoms with E-state index < -0.39 is 17.9 Å². The first-order valence-electron chi connectivity index (χ1n) is 40.4. The third-order valence-electron chi connectivity index (χ3n) is 21.1. The number of carbonyl (C=O) groups excluding carboxylic acids is 8. The van der Waals surface area contributed by atoms with Gasteiger partial charge in [-0.15, -0.1) is 0 Å². The average molecular weight is 1560 g/mol. The molecule has 3 fully saturated rings. The highest BCUT2D eigenvalue weighted by atomic mass is 16.6. The summed E-state index contributed by atoms with van der Waals surface area (Å²) in [6.07, 6.45) is 27.8. The number of methoxy groups -OCH3 is 2. The molecule has 7 aliphatic rings. The summed E-state index contributed by atoms with van der Waals surface area (Å²) in [5, 5.41) is 8.49. The molecule has 3 aliphatic heterocycles. The van der Waals surface area contributed by atoms with Gasteiger partial charge in [0.05, 0.1) is 162 Å². The number of allylic oxidation sites excluding steroid dienone is 9. The highest BCUT2D eigenvalue weighted by molar-refractivity contribution is 6.11. The Hall–Kier alpha value is -8.86. The van der Waals surface area contributed by atoms with Crippen molar-refractivity contribution in [2.24, 2.45) is 51.4 Å². The van der Waals surface area contributed by atoms with Gasteiger partial charge >= 0.3 is 0 Å². The van der Waals surface area contributed by atoms with Crippen LogP contribution in [0.1, 0.15) is 150 Å². The van der Waals surface area contributed by atoms with Gasteiger partial charge in [0.1, 0.15) is 6.04 Å². The zero-order valence-corrected chi connectivity index (χ0v) is 66.3. The summed E-state index contributed by atoms with van der Waals surface area (Å²) in [7, 11) is 3.07. The molecule has 10 rings (SSSR count). The largest absolute Gasteiger partial charge is 0.493 e. The quantitative estimate of drug-likeness (QED) is 0.0269. The van der Waals surface area contributed by atoms with Gasteiger partial charge < -0.3 is 72.8 Å². The van der Waals surface area contributed by atoms with Crippen molar-refractivity contribution in [1.82, 2.24) is 15.5 Å². The molecule has 3 aromatic rings. The molecule has 26 nitrogen and oxygen atoms in total. The lowest BCUT2D eigenvalue weighted by atomic mass is 9.81. The molecule has 113 heavy (non-hydrogen) atoms. The van der Waals surface area contributed by atoms with Gasteiger partial charge in [-0.25, -0.2) is 0 Å². The number of fused-ring (bicyclic) bond motifs is 4. The van der Waals surface area contributed by atoms with Crippen LogP contribution < -0.4 is 34.9 Å². The Kier molecular flexibility index (Phi) is 35.1. The Morgan fingerprint density at radius 2 is 1.12 bits per heavy atom. The van der Waals surface area contributed by atoms with E-state index >= 15 is 0 Å². The number of amides is 5. The van der Waals surface area contributed by atoms with Crippen LogP contribution in [0.3, 0.4) is 0 Å². The van der Waals surface area contributed by atoms with Gasteiger partial charge in [-0.3, -0.25) is 53.2 Å². The predicted molar refractivity (Wildman–Crippen MR) is 427 cm³/mol. The molecule has 3 heterocycles. The maximum atomic E-state index is 13.9. The first-order chi connectivity index (χ1) is 55.0. The van der Waals surface area contributed by atoms with E-state index in [-0.39, 0.29) is 116 Å². The Labute approximate surface area is 663 Å². The number of imide groups is 1. The fourth-order valence-corrected chi connectivity index (χ4v) is 14.5. The second-order valence-electron chi connectivity index (χ2n) is 29.7. The minimum Gasteiger partial charge on any atom is -0.493 e. The SMILES string of the molecule is COc1cc2c(cc1OCCCOc1cc3c(cc1OC)C(=O)CC1=CC=C(C4CC4)C[C@H]1/C=N\3)/N=C\[C@@H]1CC(c3ccc(NC(=O)[C@H](C)NC(=O)C(/C=C/C(=O)CCOCCOCCOCCOCCOCCOCCOCCOCCNC(=O)CCN4C(=O)CC(C5CCCCCCC5)C4=O)C(C)C)cc3)=C/C1=C/C2=O. The van der Waals surface area contributed by atoms with Crippen molar-refractivity contribution in [3.63, 3.8) is 0 Å². The smallest absolute Gasteiger partial charge is 0.246 e. The topological polar surface area (TPSA) is 311 Å². The first kappa shape index (κ1) is 86.5. The van der Waals surface area contributed by atoms with E-state index in [0.29, 0.717) is 182 Å². The van der Waals surface area contributed by atoms with Gasteiger partial charge in [-0.05, 0) is 116 Å². The third kappa shape index (κ3) is 27.1. The summed E-state index contributed by atoms with van der Waals surface area (Å²) >= 11 is 0. The van der Waals surface area contributed by atoms with Crippen LogP contribution in [0, 0.1) is 41.4 Å². The summed E-state index contributed by atoms with van der Waals surface area (Å²) in [6, 6.07) is 13.4. The Morgan fingerprint density at radius 3 is 1.70 bits per heavy atom. The van der Waals surface area contributed by atoms with Crippen LogP contribution in [-0.4, -0.2) is 216 Å². The second kappa shape index (κ2) is 45.9. The highest BCUT2D eigenvalue weighted by Gasteiger charge is 2.43. The van der Waals surface area contributed by atoms with Crippen molar-refractivity contribution < 1.29 is 95.2 Å². The lowest BCUT2D eigenvalue weighted by Gasteiger charge is -2.24. The summed E-state index contributed by atoms with van der Waals surface area (Å²) in [4.78, 5) is 116. The number of hydrogen-bond acceptors (Lipinski definition) is 22. The maximum absolute atomic E-state index is 13.9. The van der Waals surface area contributed by atoms with Gasteiger partial charge in [0.15, 0.2) is 40.3 Å². The number of rotatable bonds is 48. The molecule has 612 valence electrons. The lowest BCUT2D eigenvalue weighted by molar-refractivity contribution is -0.140. The molecule has 2 saturated carbocycles. The van der Waals surface area contributed by atoms with Crippen molar-refractivity contribution in [1.29, 1.82) is 0 Å². The number of anilines is 1. The van der Waals surface area contributed by atoms with E-state index in [4.69, 9.17) is 66.8 Å². The summed E-state index contributed by atoms with van der Waals surface area (Å²) in [6.45, 7) is 12.2. The number of ketones is 3. The molecule has 0 aromatic heterocycles. The molecule has 3 N–H and O–H groups in total. The number of nitrogens with zero attached hydrogens (tertiary/aromatic N) is 3. The number of Topliss-reactive ketones (excluding diaryl/α,β-unsaturated/α-hetero) is 1. The number of carbonyl (C=O) groups is 8. The molecule has 0 bridgehead atoms. The van der Waals surface area contributed by atoms with Crippen LogP contribution in [0.4, 0.5) is 17.1 Å². The number of aliphatic imine (C=N–C) groups is 2. The van der Waals surface area contributed by atoms with Gasteiger partial charge in [0.2, 0.25) is 29.5 Å². The number of ether oxygens (including phenoxy) is 12. The Balaban J connectivity index is 0.515. The molecule has 3 aromatic carbocycles. The Morgan fingerprint density at radius 1 is 0.566 bits per heavy atom. The summed E-state index contributed by atoms with van der Waals surface area (Å²) in [5.41, 5.74) is 7.67. The van der Waals surface area contributed by atoms with Gasteiger partial charge in [0.25, 0.3) is 0 Å². The molecular weight excluding hydrogens is 1450 g/mol. The number of hydrogen-bond donors (Lipinski definition) is 3. The Bertz CT molecular complexity index is 3940. The molecular formula is C87H114N6O20. The van der Waals surface area contributed by atoms with Crippen LogP contribution in [0.25, 0.3) is 5.57 Å². The summed E-state index contributed by atoms with van der Waals surface area (Å²) < 4.78 is 68.3. The third-order valence-corrected chi connectivity index (χ3v) is 21.1. The molecule has 5 amide bonds. The molecule has 4 aliphatic carbocycles. The van der Waals surface area contributed by atoms with Gasteiger partial charge in [-0.2, -0.15) is 0 Å². The zero-order valence-electron chi connectivity index (χ0n) is 66.3. The van der Waals surface area contributed by atoms with E-state index in [1.807, 2.05) is 44.5 Å². The predicted octanol–water partition coefficient (Wildman–Crippen LogP) is 11.7. The second-order valence-corrected chi connectivity index (χ2v) is 29.7. The van der Waals surface area contributed by atoms with Crippen LogP contribution in [0.15, 0.2) is 112 Å². The van der Waals surface area contributed by atoms with Crippen molar-refractivity contribution in [2.75, 3.05) is 152 Å². The standard InChI is InChI=1S/C87H114N6O20/c1-58(2)71(23-22-70(94)25-30-104-32-34-106-36-38-108-40-42-110-44-45-111-43-41-109-39-37-107-35-33-105-31-26-88-83(97)24-27-93-84(98)53-72(87(93)101)62-12-9-7-6-8-10-13-62)86(100)91-59(3)85(99)92-69-20-18-61(19-21-69)65-47-66-50-78(96)74-52-80(103-5)82(55-76(74)90-57-68(66)48-65)113-29-11-28-112-81-54-75-73(51-79(81)102-4)77(95)49-64-17-16-63(60-14-15-60)46-67(64)56-89-75/h16-23,47,50-52,54-60,62,67-68,71-72H,6-15,24-46,48-49,53H2,1-5H3,(H,88,97)(H,91,100)(H,92,99)/b23-22+,66-50-,89-56-,90-57-/t59-,67-,68-,71?,72?/m0/s1. The minimum absolute atomic E-state index is 0.00174. The molecule has 5 atom stereocenters. The number of nitrogens with one attached hydrogen (secondary N) is 3. The highest BCUT2D eigenvalue weighted by Crippen LogP contribution is 2.46. The van der Waals surface area contributed by atoms with E-state index in [1.165, 1.54) is 55.8 Å². The molecule has 0 radical (unpaired) electrons. The molecule has 26 heteroatoms. The van der Waals surface area contributed by atoms with E-state index in [0.717, 1.165) is 54.4 Å². The van der Waals surface area contributed by atoms with Crippen LogP contribution >= 0.6 is 0 Å². The molecule has 1 saturated heterocycles. The van der Waals surface area contributed by atoms with E-state index in [9.17, 15) is 38.4 Å². The molecule has 0 spiro atoms. The van der Waals surface area contributed by atoms with Crippen molar-refractivity contribution in [3.8, 4) is 23.0 Å². The summed E-state index contributed by atoms with van der Waals surface area (Å²) in [5.74, 6) is -0.173. The van der Waals surface area contributed by atoms with Crippen LogP contribution in [0.2, 0.25) is 0 Å². The minimum atomic E-state index is -0.887. The van der Waals surface area contributed by atoms with Gasteiger partial charge in [0, 0.05) is 92.8 Å². The van der Waals surface area contributed by atoms with Crippen LogP contribution in [-0.2, 0) is 66.7 Å². The first-order valence-corrected chi connectivity index (χ1v) is 40.4. The monoisotopic (exact) mass is 1560 g/mol. The van der Waals surface area contributed by atoms with Crippen molar-refractivity contribution in [3.05, 3.63) is 118 Å². The zero-order chi connectivity index (χ0) is 79.7. The maximum Gasteiger partial charge on any atom is 0.246 e. The fourth-order valence-electron chi connectivity index (χ4n) is 14.5. The van der Waals surface area contributed by atoms with E-state index in [1.54, 1.807) is 62.6 Å². The van der Waals surface area contributed by atoms with E-state index in [2.05, 4.69) is 28.1 Å². The average Bonchev–Trinajstić information content (AvgIpc) is 1.04. The van der Waals surface area contributed by atoms with Gasteiger partial charge in [-0.1, -0.05) is 93.5 Å². The number of likely N-dealkylation sites (tertiary alicyclic amines) is 1. The van der Waals surface area contributed by atoms with Crippen molar-refractivity contribution >= 4 is 82.0 Å². The van der Waals surface area contributed by atoms with Crippen LogP contribution in [0.5, 0.6) is 23.0 Å².